The van der Waals surface area contributed by atoms with Crippen molar-refractivity contribution in [2.75, 3.05) is 6.54 Å². The largest absolute Gasteiger partial charge is 0.310 e. The molecule has 0 saturated carbocycles. The van der Waals surface area contributed by atoms with E-state index in [9.17, 15) is 0 Å². The van der Waals surface area contributed by atoms with Crippen LogP contribution in [0, 0.1) is 6.92 Å². The fourth-order valence-electron chi connectivity index (χ4n) is 2.79. The maximum Gasteiger partial charge on any atom is 0.0701 e. The molecule has 1 atom stereocenters. The van der Waals surface area contributed by atoms with Crippen molar-refractivity contribution < 1.29 is 0 Å². The minimum absolute atomic E-state index is 0.554. The number of hydrogen-bond donors (Lipinski definition) is 1. The summed E-state index contributed by atoms with van der Waals surface area (Å²) in [6.45, 7) is 3.24. The van der Waals surface area contributed by atoms with Gasteiger partial charge in [-0.3, -0.25) is 0 Å². The molecule has 1 N–H and O–H groups in total. The van der Waals surface area contributed by atoms with Crippen LogP contribution in [0.15, 0.2) is 34.1 Å². The molecule has 100 valence electrons. The van der Waals surface area contributed by atoms with E-state index in [4.69, 9.17) is 0 Å². The van der Waals surface area contributed by atoms with Gasteiger partial charge in [0.15, 0.2) is 0 Å². The van der Waals surface area contributed by atoms with Gasteiger partial charge in [0, 0.05) is 17.5 Å². The summed E-state index contributed by atoms with van der Waals surface area (Å²) in [5, 5.41) is 3.71. The standard InChI is InChI=1S/C16H18BrNS/c1-11-2-3-12-4-6-15(14(12)10-11)18-9-8-13-5-7-16(17)19-13/h2-3,5,7,10,15,18H,4,6,8-9H2,1H3. The topological polar surface area (TPSA) is 12.0 Å². The summed E-state index contributed by atoms with van der Waals surface area (Å²) >= 11 is 5.35. The zero-order valence-corrected chi connectivity index (χ0v) is 13.5. The van der Waals surface area contributed by atoms with Gasteiger partial charge in [0.05, 0.1) is 3.79 Å². The lowest BCUT2D eigenvalue weighted by Gasteiger charge is -2.14. The predicted molar refractivity (Wildman–Crippen MR) is 86.0 cm³/mol. The van der Waals surface area contributed by atoms with Crippen molar-refractivity contribution in [3.63, 3.8) is 0 Å². The molecule has 19 heavy (non-hydrogen) atoms. The van der Waals surface area contributed by atoms with Crippen LogP contribution in [-0.2, 0) is 12.8 Å². The van der Waals surface area contributed by atoms with Crippen LogP contribution in [-0.4, -0.2) is 6.54 Å². The molecule has 2 aromatic rings. The molecule has 0 fully saturated rings. The van der Waals surface area contributed by atoms with E-state index in [0.717, 1.165) is 13.0 Å². The van der Waals surface area contributed by atoms with Gasteiger partial charge >= 0.3 is 0 Å². The summed E-state index contributed by atoms with van der Waals surface area (Å²) < 4.78 is 1.23. The van der Waals surface area contributed by atoms with E-state index in [1.54, 1.807) is 0 Å². The van der Waals surface area contributed by atoms with Gasteiger partial charge in [-0.2, -0.15) is 0 Å². The second-order valence-electron chi connectivity index (χ2n) is 5.20. The van der Waals surface area contributed by atoms with Gasteiger partial charge in [-0.1, -0.05) is 23.8 Å². The third-order valence-electron chi connectivity index (χ3n) is 3.77. The lowest BCUT2D eigenvalue weighted by molar-refractivity contribution is 0.535. The first kappa shape index (κ1) is 13.3. The van der Waals surface area contributed by atoms with E-state index >= 15 is 0 Å². The lowest BCUT2D eigenvalue weighted by atomic mass is 10.1. The Balaban J connectivity index is 1.59. The number of nitrogens with one attached hydrogen (secondary N) is 1. The van der Waals surface area contributed by atoms with Crippen molar-refractivity contribution in [1.29, 1.82) is 0 Å². The number of halogens is 1. The fourth-order valence-corrected chi connectivity index (χ4v) is 4.27. The molecule has 3 heteroatoms. The molecule has 1 aliphatic rings. The molecule has 1 unspecified atom stereocenters. The Bertz CT molecular complexity index is 576. The molecule has 0 aliphatic heterocycles. The number of aryl methyl sites for hydroxylation is 2. The first-order valence-electron chi connectivity index (χ1n) is 6.79. The normalized spacial score (nSPS) is 17.7. The molecule has 0 spiro atoms. The summed E-state index contributed by atoms with van der Waals surface area (Å²) in [5.74, 6) is 0. The Labute approximate surface area is 127 Å². The predicted octanol–water partition coefficient (Wildman–Crippen LogP) is 4.64. The van der Waals surface area contributed by atoms with Gasteiger partial charge < -0.3 is 5.32 Å². The lowest BCUT2D eigenvalue weighted by Crippen LogP contribution is -2.21. The van der Waals surface area contributed by atoms with Gasteiger partial charge in [0.1, 0.15) is 0 Å². The van der Waals surface area contributed by atoms with Crippen molar-refractivity contribution in [2.24, 2.45) is 0 Å². The van der Waals surface area contributed by atoms with E-state index in [1.165, 1.54) is 38.2 Å². The molecular weight excluding hydrogens is 318 g/mol. The average molecular weight is 336 g/mol. The quantitative estimate of drug-likeness (QED) is 0.858. The molecular formula is C16H18BrNS. The molecule has 1 heterocycles. The molecule has 1 aromatic heterocycles. The summed E-state index contributed by atoms with van der Waals surface area (Å²) in [6, 6.07) is 11.8. The summed E-state index contributed by atoms with van der Waals surface area (Å²) in [6.07, 6.45) is 3.58. The van der Waals surface area contributed by atoms with Crippen molar-refractivity contribution in [2.45, 2.75) is 32.2 Å². The van der Waals surface area contributed by atoms with Crippen LogP contribution >= 0.6 is 27.3 Å². The van der Waals surface area contributed by atoms with Gasteiger partial charge in [0.2, 0.25) is 0 Å². The molecule has 0 amide bonds. The minimum Gasteiger partial charge on any atom is -0.310 e. The summed E-state index contributed by atoms with van der Waals surface area (Å²) in [4.78, 5) is 1.45. The van der Waals surface area contributed by atoms with E-state index in [0.29, 0.717) is 6.04 Å². The molecule has 1 aromatic carbocycles. The first-order chi connectivity index (χ1) is 9.22. The Morgan fingerprint density at radius 1 is 1.32 bits per heavy atom. The zero-order valence-electron chi connectivity index (χ0n) is 11.1. The van der Waals surface area contributed by atoms with Crippen LogP contribution in [0.2, 0.25) is 0 Å². The number of thiophene rings is 1. The average Bonchev–Trinajstić information content (AvgIpc) is 2.97. The highest BCUT2D eigenvalue weighted by Gasteiger charge is 2.21. The molecule has 0 bridgehead atoms. The second kappa shape index (κ2) is 5.78. The van der Waals surface area contributed by atoms with Crippen LogP contribution < -0.4 is 5.32 Å². The Morgan fingerprint density at radius 2 is 2.21 bits per heavy atom. The highest BCUT2D eigenvalue weighted by Crippen LogP contribution is 2.31. The van der Waals surface area contributed by atoms with Gasteiger partial charge in [0.25, 0.3) is 0 Å². The van der Waals surface area contributed by atoms with E-state index in [2.05, 4.69) is 58.5 Å². The Kier molecular flexibility index (Phi) is 4.06. The third kappa shape index (κ3) is 3.10. The van der Waals surface area contributed by atoms with E-state index in [1.807, 2.05) is 11.3 Å². The maximum absolute atomic E-state index is 3.71. The monoisotopic (exact) mass is 335 g/mol. The Hall–Kier alpha value is -0.640. The molecule has 1 aliphatic carbocycles. The number of hydrogen-bond acceptors (Lipinski definition) is 2. The summed E-state index contributed by atoms with van der Waals surface area (Å²) in [5.41, 5.74) is 4.42. The molecule has 0 saturated heterocycles. The van der Waals surface area contributed by atoms with Gasteiger partial charge in [-0.15, -0.1) is 11.3 Å². The van der Waals surface area contributed by atoms with Crippen LogP contribution in [0.25, 0.3) is 0 Å². The maximum atomic E-state index is 3.71. The van der Waals surface area contributed by atoms with E-state index in [-0.39, 0.29) is 0 Å². The van der Waals surface area contributed by atoms with Crippen LogP contribution in [0.3, 0.4) is 0 Å². The van der Waals surface area contributed by atoms with Crippen molar-refractivity contribution in [3.05, 3.63) is 55.7 Å². The van der Waals surface area contributed by atoms with E-state index < -0.39 is 0 Å². The van der Waals surface area contributed by atoms with Crippen LogP contribution in [0.1, 0.15) is 34.0 Å². The zero-order chi connectivity index (χ0) is 13.2. The van der Waals surface area contributed by atoms with Gasteiger partial charge in [-0.25, -0.2) is 0 Å². The third-order valence-corrected chi connectivity index (χ3v) is 5.45. The highest BCUT2D eigenvalue weighted by atomic mass is 79.9. The van der Waals surface area contributed by atoms with Crippen molar-refractivity contribution >= 4 is 27.3 Å². The van der Waals surface area contributed by atoms with Crippen LogP contribution in [0.5, 0.6) is 0 Å². The molecule has 0 radical (unpaired) electrons. The number of fused-ring (bicyclic) bond motifs is 1. The summed E-state index contributed by atoms with van der Waals surface area (Å²) in [7, 11) is 0. The molecule has 3 rings (SSSR count). The molecule has 1 nitrogen and oxygen atoms in total. The number of rotatable bonds is 4. The fraction of sp³-hybridized carbons (Fsp3) is 0.375. The second-order valence-corrected chi connectivity index (χ2v) is 7.75. The SMILES string of the molecule is Cc1ccc2c(c1)C(NCCc1ccc(Br)s1)CC2. The highest BCUT2D eigenvalue weighted by molar-refractivity contribution is 9.11. The Morgan fingerprint density at radius 3 is 3.00 bits per heavy atom. The minimum atomic E-state index is 0.554. The smallest absolute Gasteiger partial charge is 0.0701 e. The van der Waals surface area contributed by atoms with Crippen molar-refractivity contribution in [3.8, 4) is 0 Å². The first-order valence-corrected chi connectivity index (χ1v) is 8.40. The number of benzene rings is 1. The van der Waals surface area contributed by atoms with Crippen molar-refractivity contribution in [1.82, 2.24) is 5.32 Å². The van der Waals surface area contributed by atoms with Crippen LogP contribution in [0.4, 0.5) is 0 Å². The van der Waals surface area contributed by atoms with Gasteiger partial charge in [-0.05, 0) is 65.4 Å².